The molecule has 198 valence electrons. The van der Waals surface area contributed by atoms with Crippen molar-refractivity contribution in [1.29, 1.82) is 0 Å². The predicted molar refractivity (Wildman–Crippen MR) is 156 cm³/mol. The molecule has 0 amide bonds. The van der Waals surface area contributed by atoms with E-state index in [4.69, 9.17) is 0 Å². The van der Waals surface area contributed by atoms with Crippen molar-refractivity contribution >= 4 is 21.9 Å². The number of carbonyl (C=O) groups is 1. The summed E-state index contributed by atoms with van der Waals surface area (Å²) in [5, 5.41) is 0. The first-order valence-corrected chi connectivity index (χ1v) is 20.1. The lowest BCUT2D eigenvalue weighted by atomic mass is 9.36. The molecule has 0 aromatic rings. The normalized spacial score (nSPS) is 32.4. The van der Waals surface area contributed by atoms with E-state index in [1.54, 1.807) is 0 Å². The SMILES string of the molecule is CC(C)[Si](CC1C(C[Si](C(C)C)(C(C)C)C(C)C)C23CCCCC12CCC3=O)(C(C)C)C(C)C. The zero-order valence-corrected chi connectivity index (χ0v) is 27.2. The van der Waals surface area contributed by atoms with Crippen LogP contribution in [0.3, 0.4) is 0 Å². The summed E-state index contributed by atoms with van der Waals surface area (Å²) in [7, 11) is -3.09. The Hall–Kier alpha value is 0.104. The molecule has 0 bridgehead atoms. The summed E-state index contributed by atoms with van der Waals surface area (Å²) in [6, 6.07) is 2.93. The highest BCUT2D eigenvalue weighted by Crippen LogP contribution is 2.80. The summed E-state index contributed by atoms with van der Waals surface area (Å²) >= 11 is 0. The van der Waals surface area contributed by atoms with E-state index in [0.29, 0.717) is 17.1 Å². The second kappa shape index (κ2) is 9.77. The molecule has 3 fully saturated rings. The molecule has 34 heavy (non-hydrogen) atoms. The van der Waals surface area contributed by atoms with Crippen LogP contribution in [0.5, 0.6) is 0 Å². The highest BCUT2D eigenvalue weighted by molar-refractivity contribution is 6.84. The molecule has 3 aliphatic rings. The van der Waals surface area contributed by atoms with Gasteiger partial charge in [0.15, 0.2) is 0 Å². The number of hydrogen-bond donors (Lipinski definition) is 0. The predicted octanol–water partition coefficient (Wildman–Crippen LogP) is 10.5. The lowest BCUT2D eigenvalue weighted by Gasteiger charge is -2.72. The van der Waals surface area contributed by atoms with Crippen LogP contribution in [0, 0.1) is 22.7 Å². The molecule has 0 aromatic heterocycles. The monoisotopic (exact) mass is 504 g/mol. The molecule has 3 heteroatoms. The molecule has 0 saturated heterocycles. The average Bonchev–Trinajstić information content (AvgIpc) is 2.98. The first kappa shape index (κ1) is 28.7. The van der Waals surface area contributed by atoms with Gasteiger partial charge in [0.2, 0.25) is 0 Å². The molecule has 0 N–H and O–H groups in total. The average molecular weight is 505 g/mol. The summed E-state index contributed by atoms with van der Waals surface area (Å²) in [6.45, 7) is 30.6. The van der Waals surface area contributed by atoms with Crippen molar-refractivity contribution < 1.29 is 4.79 Å². The smallest absolute Gasteiger partial charge is 0.139 e. The highest BCUT2D eigenvalue weighted by atomic mass is 28.3. The van der Waals surface area contributed by atoms with Crippen molar-refractivity contribution in [1.82, 2.24) is 0 Å². The van der Waals surface area contributed by atoms with E-state index in [1.807, 2.05) is 0 Å². The lowest BCUT2D eigenvalue weighted by molar-refractivity contribution is -0.200. The summed E-state index contributed by atoms with van der Waals surface area (Å²) in [6.07, 6.45) is 7.39. The second-order valence-electron chi connectivity index (χ2n) is 15.0. The Kier molecular flexibility index (Phi) is 8.24. The van der Waals surface area contributed by atoms with Crippen LogP contribution in [-0.4, -0.2) is 21.9 Å². The largest absolute Gasteiger partial charge is 0.299 e. The van der Waals surface area contributed by atoms with Crippen molar-refractivity contribution in [2.45, 2.75) is 167 Å². The summed E-state index contributed by atoms with van der Waals surface area (Å²) < 4.78 is 0. The fraction of sp³-hybridized carbons (Fsp3) is 0.968. The summed E-state index contributed by atoms with van der Waals surface area (Å²) in [5.74, 6) is 2.21. The fourth-order valence-electron chi connectivity index (χ4n) is 11.6. The molecule has 0 heterocycles. The lowest BCUT2D eigenvalue weighted by Crippen LogP contribution is -2.70. The first-order valence-electron chi connectivity index (χ1n) is 15.2. The molecule has 1 nitrogen and oxygen atoms in total. The Bertz CT molecular complexity index is 692. The van der Waals surface area contributed by atoms with Gasteiger partial charge in [0.05, 0.1) is 16.1 Å². The maximum absolute atomic E-state index is 13.9. The number of Topliss-reactive ketones (excluding diaryl/α,β-unsaturated/α-hetero) is 1. The molecule has 0 radical (unpaired) electrons. The van der Waals surface area contributed by atoms with Crippen molar-refractivity contribution in [3.05, 3.63) is 0 Å². The van der Waals surface area contributed by atoms with Gasteiger partial charge in [-0.3, -0.25) is 4.79 Å². The maximum Gasteiger partial charge on any atom is 0.139 e. The Morgan fingerprint density at radius 1 is 0.618 bits per heavy atom. The molecule has 0 aromatic carbocycles. The van der Waals surface area contributed by atoms with Crippen LogP contribution in [0.1, 0.15) is 122 Å². The molecule has 4 atom stereocenters. The number of carbonyl (C=O) groups excluding carboxylic acids is 1. The maximum atomic E-state index is 13.9. The van der Waals surface area contributed by atoms with Crippen molar-refractivity contribution in [3.63, 3.8) is 0 Å². The third-order valence-corrected chi connectivity index (χ3v) is 28.2. The molecule has 3 aliphatic carbocycles. The van der Waals surface area contributed by atoms with E-state index in [9.17, 15) is 4.79 Å². The van der Waals surface area contributed by atoms with Crippen LogP contribution in [-0.2, 0) is 4.79 Å². The van der Waals surface area contributed by atoms with Crippen molar-refractivity contribution in [2.75, 3.05) is 0 Å². The van der Waals surface area contributed by atoms with Gasteiger partial charge in [-0.25, -0.2) is 0 Å². The van der Waals surface area contributed by atoms with Gasteiger partial charge < -0.3 is 0 Å². The minimum absolute atomic E-state index is 0.0674. The minimum Gasteiger partial charge on any atom is -0.299 e. The van der Waals surface area contributed by atoms with Crippen molar-refractivity contribution in [3.8, 4) is 0 Å². The Balaban J connectivity index is 2.16. The molecule has 0 aliphatic heterocycles. The van der Waals surface area contributed by atoms with Crippen LogP contribution < -0.4 is 0 Å². The topological polar surface area (TPSA) is 17.1 Å². The minimum atomic E-state index is -1.57. The number of rotatable bonds is 10. The van der Waals surface area contributed by atoms with E-state index >= 15 is 0 Å². The quantitative estimate of drug-likeness (QED) is 0.270. The Morgan fingerprint density at radius 3 is 1.41 bits per heavy atom. The van der Waals surface area contributed by atoms with Gasteiger partial charge in [0.1, 0.15) is 5.78 Å². The summed E-state index contributed by atoms with van der Waals surface area (Å²) in [4.78, 5) is 13.9. The van der Waals surface area contributed by atoms with Gasteiger partial charge in [0, 0.05) is 11.8 Å². The highest BCUT2D eigenvalue weighted by Gasteiger charge is 2.77. The van der Waals surface area contributed by atoms with Gasteiger partial charge in [-0.2, -0.15) is 0 Å². The van der Waals surface area contributed by atoms with Crippen LogP contribution >= 0.6 is 0 Å². The molecule has 4 unspecified atom stereocenters. The number of ketones is 1. The number of hydrogen-bond acceptors (Lipinski definition) is 1. The second-order valence-corrected chi connectivity index (χ2v) is 27.2. The fourth-order valence-corrected chi connectivity index (χ4v) is 25.2. The van der Waals surface area contributed by atoms with Crippen LogP contribution in [0.25, 0.3) is 0 Å². The van der Waals surface area contributed by atoms with E-state index in [1.165, 1.54) is 44.2 Å². The third-order valence-electron chi connectivity index (χ3n) is 13.1. The Morgan fingerprint density at radius 2 is 1.00 bits per heavy atom. The third kappa shape index (κ3) is 3.66. The van der Waals surface area contributed by atoms with Gasteiger partial charge in [-0.05, 0) is 36.5 Å². The molecule has 3 saturated carbocycles. The molecular weight excluding hydrogens is 445 g/mol. The molecular formula is C31H60OSi2. The standard InChI is InChI=1S/C31H60OSi2/c1-21(2)33(22(3)4,23(5)6)19-27-28(20-34(24(7)8,25(9)10)26(11)12)31-17-14-13-16-30(27,31)18-15-29(31)32/h21-28H,13-20H2,1-12H3. The van der Waals surface area contributed by atoms with Crippen LogP contribution in [0.2, 0.25) is 45.3 Å². The van der Waals surface area contributed by atoms with Crippen molar-refractivity contribution in [2.24, 2.45) is 22.7 Å². The van der Waals surface area contributed by atoms with E-state index in [2.05, 4.69) is 83.1 Å². The zero-order valence-electron chi connectivity index (χ0n) is 25.2. The Labute approximate surface area is 216 Å². The van der Waals surface area contributed by atoms with E-state index in [-0.39, 0.29) is 5.41 Å². The van der Waals surface area contributed by atoms with Gasteiger partial charge in [-0.1, -0.05) is 141 Å². The summed E-state index contributed by atoms with van der Waals surface area (Å²) in [5.41, 5.74) is 5.28. The van der Waals surface area contributed by atoms with E-state index in [0.717, 1.165) is 45.6 Å². The van der Waals surface area contributed by atoms with E-state index < -0.39 is 16.1 Å². The zero-order chi connectivity index (χ0) is 25.9. The van der Waals surface area contributed by atoms with Gasteiger partial charge in [0.25, 0.3) is 0 Å². The van der Waals surface area contributed by atoms with Gasteiger partial charge >= 0.3 is 0 Å². The van der Waals surface area contributed by atoms with Gasteiger partial charge in [-0.15, -0.1) is 0 Å². The molecule has 3 rings (SSSR count). The van der Waals surface area contributed by atoms with Crippen LogP contribution in [0.15, 0.2) is 0 Å². The first-order chi connectivity index (χ1) is 15.7. The molecule has 0 spiro atoms. The van der Waals surface area contributed by atoms with Crippen LogP contribution in [0.4, 0.5) is 0 Å².